The van der Waals surface area contributed by atoms with Gasteiger partial charge in [0.2, 0.25) is 0 Å². The van der Waals surface area contributed by atoms with E-state index < -0.39 is 17.2 Å². The average molecular weight is 448 g/mol. The highest BCUT2D eigenvalue weighted by molar-refractivity contribution is 9.10. The van der Waals surface area contributed by atoms with Gasteiger partial charge < -0.3 is 10.4 Å². The molecule has 0 atom stereocenters. The number of nitrogens with one attached hydrogen (secondary N) is 2. The van der Waals surface area contributed by atoms with E-state index in [4.69, 9.17) is 21.5 Å². The van der Waals surface area contributed by atoms with Crippen LogP contribution in [0.15, 0.2) is 32.3 Å². The third kappa shape index (κ3) is 4.15. The molecule has 1 aromatic carbocycles. The Morgan fingerprint density at radius 3 is 2.62 bits per heavy atom. The van der Waals surface area contributed by atoms with E-state index in [-0.39, 0.29) is 24.6 Å². The van der Waals surface area contributed by atoms with Gasteiger partial charge in [0, 0.05) is 18.6 Å². The quantitative estimate of drug-likeness (QED) is 0.448. The van der Waals surface area contributed by atoms with Crippen LogP contribution in [-0.4, -0.2) is 33.4 Å². The molecule has 0 saturated heterocycles. The lowest BCUT2D eigenvalue weighted by Gasteiger charge is -2.17. The van der Waals surface area contributed by atoms with Crippen molar-refractivity contribution < 1.29 is 14.7 Å². The van der Waals surface area contributed by atoms with E-state index >= 15 is 0 Å². The number of rotatable bonds is 6. The summed E-state index contributed by atoms with van der Waals surface area (Å²) in [4.78, 5) is 41.8. The maximum atomic E-state index is 12.5. The summed E-state index contributed by atoms with van der Waals surface area (Å²) in [6.45, 7) is -0.468. The maximum absolute atomic E-state index is 12.5. The van der Waals surface area contributed by atoms with Gasteiger partial charge in [0.25, 0.3) is 11.5 Å². The lowest BCUT2D eigenvalue weighted by molar-refractivity contribution is 0.0167. The Morgan fingerprint density at radius 1 is 1.31 bits per heavy atom. The zero-order valence-electron chi connectivity index (χ0n) is 13.9. The second-order valence-corrected chi connectivity index (χ2v) is 6.50. The molecule has 2 rings (SSSR count). The topological polar surface area (TPSA) is 115 Å². The molecule has 11 heteroatoms. The Balaban J connectivity index is 2.57. The van der Waals surface area contributed by atoms with Gasteiger partial charge in [-0.05, 0) is 18.2 Å². The van der Waals surface area contributed by atoms with E-state index in [9.17, 15) is 14.4 Å². The lowest BCUT2D eigenvalue weighted by atomic mass is 10.2. The lowest BCUT2D eigenvalue weighted by Crippen LogP contribution is -2.43. The highest BCUT2D eigenvalue weighted by atomic mass is 79.9. The minimum Gasteiger partial charge on any atom is -0.394 e. The van der Waals surface area contributed by atoms with Gasteiger partial charge >= 0.3 is 5.69 Å². The van der Waals surface area contributed by atoms with Gasteiger partial charge in [0.05, 0.1) is 23.9 Å². The first kappa shape index (κ1) is 20.2. The van der Waals surface area contributed by atoms with E-state index in [1.165, 1.54) is 14.1 Å². The van der Waals surface area contributed by atoms with Crippen molar-refractivity contribution >= 4 is 44.9 Å². The number of hydrogen-bond acceptors (Lipinski definition) is 6. The number of aromatic nitrogens is 2. The number of carbonyl (C=O) groups excluding carboxylic acids is 1. The molecule has 9 nitrogen and oxygen atoms in total. The molecule has 140 valence electrons. The Labute approximate surface area is 161 Å². The molecule has 0 aliphatic rings. The third-order valence-corrected chi connectivity index (χ3v) is 4.24. The molecule has 0 unspecified atom stereocenters. The number of carbonyl (C=O) groups is 1. The van der Waals surface area contributed by atoms with Crippen LogP contribution in [0.3, 0.4) is 0 Å². The van der Waals surface area contributed by atoms with E-state index in [0.717, 1.165) is 13.6 Å². The second-order valence-electron chi connectivity index (χ2n) is 5.18. The largest absolute Gasteiger partial charge is 0.394 e. The smallest absolute Gasteiger partial charge is 0.332 e. The van der Waals surface area contributed by atoms with E-state index in [0.29, 0.717) is 10.7 Å². The molecule has 2 aromatic rings. The van der Waals surface area contributed by atoms with Gasteiger partial charge in [-0.2, -0.15) is 0 Å². The first-order valence-corrected chi connectivity index (χ1v) is 8.50. The highest BCUT2D eigenvalue weighted by Crippen LogP contribution is 2.28. The Kier molecular flexibility index (Phi) is 6.59. The molecule has 0 radical (unpaired) electrons. The van der Waals surface area contributed by atoms with E-state index in [1.54, 1.807) is 18.2 Å². The fourth-order valence-electron chi connectivity index (χ4n) is 2.13. The van der Waals surface area contributed by atoms with Crippen LogP contribution in [0.1, 0.15) is 10.4 Å². The summed E-state index contributed by atoms with van der Waals surface area (Å²) in [6, 6.07) is 4.95. The summed E-state index contributed by atoms with van der Waals surface area (Å²) in [7, 11) is 2.66. The van der Waals surface area contributed by atoms with E-state index in [1.807, 2.05) is 0 Å². The third-order valence-electron chi connectivity index (χ3n) is 3.43. The molecule has 1 aromatic heterocycles. The molecule has 0 fully saturated rings. The van der Waals surface area contributed by atoms with Gasteiger partial charge in [-0.3, -0.25) is 23.6 Å². The van der Waals surface area contributed by atoms with Crippen LogP contribution in [0.25, 0.3) is 0 Å². The van der Waals surface area contributed by atoms with Crippen molar-refractivity contribution in [2.45, 2.75) is 0 Å². The van der Waals surface area contributed by atoms with Crippen LogP contribution >= 0.6 is 27.5 Å². The summed E-state index contributed by atoms with van der Waals surface area (Å²) in [5.74, 6) is -0.919. The molecule has 0 saturated carbocycles. The Hall–Kier alpha value is -2.14. The molecule has 0 bridgehead atoms. The fraction of sp³-hybridized carbons (Fsp3) is 0.267. The summed E-state index contributed by atoms with van der Waals surface area (Å²) >= 11 is 9.44. The zero-order chi connectivity index (χ0) is 19.4. The van der Waals surface area contributed by atoms with Crippen LogP contribution in [0.2, 0.25) is 5.02 Å². The van der Waals surface area contributed by atoms with Crippen LogP contribution in [-0.2, 0) is 18.9 Å². The maximum Gasteiger partial charge on any atom is 0.332 e. The average Bonchev–Trinajstić information content (AvgIpc) is 2.60. The number of aliphatic hydroxyl groups is 1. The van der Waals surface area contributed by atoms with Gasteiger partial charge in [0.15, 0.2) is 0 Å². The monoisotopic (exact) mass is 446 g/mol. The van der Waals surface area contributed by atoms with Crippen molar-refractivity contribution in [1.29, 1.82) is 0 Å². The molecule has 1 amide bonds. The van der Waals surface area contributed by atoms with Gasteiger partial charge in [0.1, 0.15) is 11.4 Å². The number of hydroxylamine groups is 1. The van der Waals surface area contributed by atoms with Gasteiger partial charge in [-0.25, -0.2) is 10.3 Å². The number of amides is 1. The van der Waals surface area contributed by atoms with Crippen molar-refractivity contribution in [3.05, 3.63) is 54.1 Å². The second kappa shape index (κ2) is 8.49. The minimum atomic E-state index is -0.870. The molecule has 26 heavy (non-hydrogen) atoms. The van der Waals surface area contributed by atoms with Gasteiger partial charge in [-0.15, -0.1) is 0 Å². The highest BCUT2D eigenvalue weighted by Gasteiger charge is 2.23. The molecule has 3 N–H and O–H groups in total. The molecular weight excluding hydrogens is 432 g/mol. The summed E-state index contributed by atoms with van der Waals surface area (Å²) in [6.07, 6.45) is 0. The molecule has 0 aliphatic heterocycles. The first-order valence-electron chi connectivity index (χ1n) is 7.33. The number of halogens is 2. The first-order chi connectivity index (χ1) is 12.3. The summed E-state index contributed by atoms with van der Waals surface area (Å²) in [5.41, 5.74) is 0.670. The molecule has 0 aliphatic carbocycles. The molecule has 0 spiro atoms. The van der Waals surface area contributed by atoms with Gasteiger partial charge in [-0.1, -0.05) is 27.5 Å². The normalized spacial score (nSPS) is 10.7. The van der Waals surface area contributed by atoms with Crippen molar-refractivity contribution in [3.8, 4) is 0 Å². The number of aliphatic hydroxyl groups excluding tert-OH is 1. The Morgan fingerprint density at radius 2 is 2.00 bits per heavy atom. The predicted octanol–water partition coefficient (Wildman–Crippen LogP) is 0.897. The van der Waals surface area contributed by atoms with Crippen LogP contribution < -0.4 is 22.0 Å². The standard InChI is InChI=1S/C15H16BrClN4O5/c1-20-12(18-10-4-3-8(16)7-9(10)17)11(13(23)19-26-6-5-22)14(24)21(2)15(20)25/h3-4,7,18,22H,5-6H2,1-2H3,(H,19,23). The number of anilines is 2. The number of nitrogens with zero attached hydrogens (tertiary/aromatic N) is 2. The predicted molar refractivity (Wildman–Crippen MR) is 99.9 cm³/mol. The molecular formula is C15H16BrClN4O5. The van der Waals surface area contributed by atoms with Crippen molar-refractivity contribution in [2.24, 2.45) is 14.1 Å². The zero-order valence-corrected chi connectivity index (χ0v) is 16.2. The van der Waals surface area contributed by atoms with Crippen molar-refractivity contribution in [3.63, 3.8) is 0 Å². The Bertz CT molecular complexity index is 956. The van der Waals surface area contributed by atoms with Crippen LogP contribution in [0.5, 0.6) is 0 Å². The molecule has 1 heterocycles. The fourth-order valence-corrected chi connectivity index (χ4v) is 2.85. The summed E-state index contributed by atoms with van der Waals surface area (Å²) in [5, 5.41) is 11.9. The van der Waals surface area contributed by atoms with Crippen molar-refractivity contribution in [2.75, 3.05) is 18.5 Å². The minimum absolute atomic E-state index is 0.0487. The van der Waals surface area contributed by atoms with Crippen molar-refractivity contribution in [1.82, 2.24) is 14.6 Å². The van der Waals surface area contributed by atoms with Crippen LogP contribution in [0, 0.1) is 0 Å². The number of hydrogen-bond donors (Lipinski definition) is 3. The SMILES string of the molecule is Cn1c(Nc2ccc(Br)cc2Cl)c(C(=O)NOCCO)c(=O)n(C)c1=O. The number of benzene rings is 1. The summed E-state index contributed by atoms with van der Waals surface area (Å²) < 4.78 is 2.65. The van der Waals surface area contributed by atoms with E-state index in [2.05, 4.69) is 26.7 Å². The van der Waals surface area contributed by atoms with Crippen LogP contribution in [0.4, 0.5) is 11.5 Å².